The molecule has 1 saturated heterocycles. The molecule has 41 heavy (non-hydrogen) atoms. The molecule has 2 amide bonds. The highest BCUT2D eigenvalue weighted by Crippen LogP contribution is 2.42. The lowest BCUT2D eigenvalue weighted by Gasteiger charge is -2.29. The molecule has 2 fully saturated rings. The lowest BCUT2D eigenvalue weighted by molar-refractivity contribution is -0.123. The van der Waals surface area contributed by atoms with Crippen molar-refractivity contribution in [2.24, 2.45) is 11.8 Å². The Kier molecular flexibility index (Phi) is 7.11. The standard InChI is InChI=1S/C29H34N6O4S2/c1-16-7-6-12-34(27(16)36)24-9-5-8-23(32-24)33-29-31-17(2)26(40-29)20-13-21-15-35(18(3)19-10-11-19)28(37)25(21)22(14-20)41(38,39)30-4/h5,8-9,13-14,16,18-19,30H,6-7,10-12,15H2,1-4H3,(H,31,32,33)/t16-,18-/m0/s1. The number of piperidine rings is 1. The Balaban J connectivity index is 1.32. The second kappa shape index (κ2) is 10.5. The number of nitrogens with one attached hydrogen (secondary N) is 2. The van der Waals surface area contributed by atoms with Crippen molar-refractivity contribution in [1.29, 1.82) is 0 Å². The van der Waals surface area contributed by atoms with Gasteiger partial charge in [0.1, 0.15) is 11.6 Å². The molecule has 1 aliphatic carbocycles. The van der Waals surface area contributed by atoms with E-state index in [0.29, 0.717) is 46.9 Å². The van der Waals surface area contributed by atoms with Crippen molar-refractivity contribution in [2.45, 2.75) is 63.9 Å². The molecule has 2 aliphatic heterocycles. The Hall–Kier alpha value is -3.35. The largest absolute Gasteiger partial charge is 0.331 e. The van der Waals surface area contributed by atoms with Crippen molar-refractivity contribution in [3.8, 4) is 10.4 Å². The van der Waals surface area contributed by atoms with Crippen LogP contribution in [-0.2, 0) is 21.4 Å². The van der Waals surface area contributed by atoms with Crippen LogP contribution in [0.15, 0.2) is 35.2 Å². The van der Waals surface area contributed by atoms with Gasteiger partial charge in [-0.1, -0.05) is 24.3 Å². The fourth-order valence-electron chi connectivity index (χ4n) is 5.81. The average molecular weight is 595 g/mol. The highest BCUT2D eigenvalue weighted by atomic mass is 32.2. The number of hydrogen-bond acceptors (Lipinski definition) is 8. The summed E-state index contributed by atoms with van der Waals surface area (Å²) < 4.78 is 28.6. The van der Waals surface area contributed by atoms with Crippen LogP contribution in [0.3, 0.4) is 0 Å². The van der Waals surface area contributed by atoms with Crippen LogP contribution in [0.1, 0.15) is 61.1 Å². The predicted octanol–water partition coefficient (Wildman–Crippen LogP) is 4.68. The fourth-order valence-corrected chi connectivity index (χ4v) is 7.76. The molecule has 1 aromatic carbocycles. The molecule has 216 valence electrons. The highest BCUT2D eigenvalue weighted by Gasteiger charge is 2.41. The second-order valence-corrected chi connectivity index (χ2v) is 14.1. The zero-order valence-corrected chi connectivity index (χ0v) is 25.2. The minimum Gasteiger partial charge on any atom is -0.331 e. The Morgan fingerprint density at radius 1 is 1.12 bits per heavy atom. The van der Waals surface area contributed by atoms with Gasteiger partial charge in [-0.2, -0.15) is 0 Å². The van der Waals surface area contributed by atoms with Gasteiger partial charge in [-0.3, -0.25) is 14.5 Å². The van der Waals surface area contributed by atoms with Crippen LogP contribution >= 0.6 is 11.3 Å². The molecule has 0 unspecified atom stereocenters. The van der Waals surface area contributed by atoms with Gasteiger partial charge in [-0.25, -0.2) is 23.1 Å². The number of carbonyl (C=O) groups excluding carboxylic acids is 2. The van der Waals surface area contributed by atoms with Gasteiger partial charge in [0.05, 0.1) is 21.0 Å². The van der Waals surface area contributed by atoms with Crippen molar-refractivity contribution in [3.05, 3.63) is 47.2 Å². The van der Waals surface area contributed by atoms with Gasteiger partial charge >= 0.3 is 0 Å². The molecule has 12 heteroatoms. The van der Waals surface area contributed by atoms with E-state index in [2.05, 4.69) is 15.0 Å². The first-order valence-electron chi connectivity index (χ1n) is 14.0. The lowest BCUT2D eigenvalue weighted by Crippen LogP contribution is -2.40. The summed E-state index contributed by atoms with van der Waals surface area (Å²) in [6.45, 7) is 6.91. The second-order valence-electron chi connectivity index (χ2n) is 11.2. The van der Waals surface area contributed by atoms with Crippen LogP contribution in [0.5, 0.6) is 0 Å². The zero-order valence-electron chi connectivity index (χ0n) is 23.6. The molecule has 2 atom stereocenters. The van der Waals surface area contributed by atoms with E-state index in [-0.39, 0.29) is 34.2 Å². The van der Waals surface area contributed by atoms with E-state index in [0.717, 1.165) is 36.3 Å². The van der Waals surface area contributed by atoms with E-state index in [1.807, 2.05) is 45.0 Å². The van der Waals surface area contributed by atoms with Gasteiger partial charge in [-0.15, -0.1) is 0 Å². The molecule has 0 radical (unpaired) electrons. The SMILES string of the molecule is CNS(=O)(=O)c1cc(-c2sc(Nc3cccc(N4CCC[C@H](C)C4=O)n3)nc2C)cc2c1C(=O)N([C@@H](C)C1CC1)C2. The molecule has 6 rings (SSSR count). The average Bonchev–Trinajstić information content (AvgIpc) is 3.67. The number of rotatable bonds is 8. The number of anilines is 3. The zero-order chi connectivity index (χ0) is 29.1. The molecule has 3 aromatic rings. The summed E-state index contributed by atoms with van der Waals surface area (Å²) >= 11 is 1.39. The van der Waals surface area contributed by atoms with Crippen LogP contribution < -0.4 is 14.9 Å². The van der Waals surface area contributed by atoms with Gasteiger partial charge in [0.25, 0.3) is 5.91 Å². The van der Waals surface area contributed by atoms with E-state index in [1.54, 1.807) is 15.9 Å². The number of benzene rings is 1. The number of sulfonamides is 1. The third-order valence-electron chi connectivity index (χ3n) is 8.36. The fraction of sp³-hybridized carbons (Fsp3) is 0.448. The molecule has 0 bridgehead atoms. The Bertz CT molecular complexity index is 1650. The van der Waals surface area contributed by atoms with E-state index in [9.17, 15) is 18.0 Å². The summed E-state index contributed by atoms with van der Waals surface area (Å²) in [5.74, 6) is 1.48. The summed E-state index contributed by atoms with van der Waals surface area (Å²) in [5.41, 5.74) is 2.41. The first-order valence-corrected chi connectivity index (χ1v) is 16.3. The van der Waals surface area contributed by atoms with E-state index in [1.165, 1.54) is 18.4 Å². The van der Waals surface area contributed by atoms with Crippen LogP contribution in [0.2, 0.25) is 0 Å². The van der Waals surface area contributed by atoms with Crippen molar-refractivity contribution < 1.29 is 18.0 Å². The van der Waals surface area contributed by atoms with Gasteiger partial charge in [0.2, 0.25) is 15.9 Å². The molecule has 4 heterocycles. The number of carbonyl (C=O) groups is 2. The Morgan fingerprint density at radius 3 is 2.63 bits per heavy atom. The summed E-state index contributed by atoms with van der Waals surface area (Å²) in [6, 6.07) is 9.10. The van der Waals surface area contributed by atoms with Crippen LogP contribution in [0, 0.1) is 18.8 Å². The van der Waals surface area contributed by atoms with Crippen molar-refractivity contribution in [2.75, 3.05) is 23.8 Å². The molecular formula is C29H34N6O4S2. The van der Waals surface area contributed by atoms with Crippen LogP contribution in [0.4, 0.5) is 16.8 Å². The summed E-state index contributed by atoms with van der Waals surface area (Å²) in [5, 5.41) is 3.86. The number of nitrogens with zero attached hydrogens (tertiary/aromatic N) is 4. The first kappa shape index (κ1) is 27.8. The van der Waals surface area contributed by atoms with Crippen molar-refractivity contribution in [1.82, 2.24) is 19.6 Å². The molecular weight excluding hydrogens is 560 g/mol. The number of aromatic nitrogens is 2. The molecule has 2 N–H and O–H groups in total. The van der Waals surface area contributed by atoms with Gasteiger partial charge in [-0.05, 0) is 87.9 Å². The minimum absolute atomic E-state index is 0.0000935. The Labute approximate surface area is 244 Å². The van der Waals surface area contributed by atoms with E-state index in [4.69, 9.17) is 4.98 Å². The smallest absolute Gasteiger partial charge is 0.256 e. The first-order chi connectivity index (χ1) is 19.6. The normalized spacial score (nSPS) is 20.0. The number of amides is 2. The maximum atomic E-state index is 13.4. The third-order valence-corrected chi connectivity index (χ3v) is 10.9. The van der Waals surface area contributed by atoms with E-state index >= 15 is 0 Å². The predicted molar refractivity (Wildman–Crippen MR) is 159 cm³/mol. The molecule has 1 saturated carbocycles. The highest BCUT2D eigenvalue weighted by molar-refractivity contribution is 7.89. The quantitative estimate of drug-likeness (QED) is 0.388. The summed E-state index contributed by atoms with van der Waals surface area (Å²) in [4.78, 5) is 39.9. The monoisotopic (exact) mass is 594 g/mol. The summed E-state index contributed by atoms with van der Waals surface area (Å²) in [7, 11) is -2.53. The maximum Gasteiger partial charge on any atom is 0.256 e. The van der Waals surface area contributed by atoms with Crippen molar-refractivity contribution in [3.63, 3.8) is 0 Å². The maximum absolute atomic E-state index is 13.4. The Morgan fingerprint density at radius 2 is 1.90 bits per heavy atom. The molecule has 2 aromatic heterocycles. The number of thiazole rings is 1. The van der Waals surface area contributed by atoms with Crippen LogP contribution in [-0.4, -0.2) is 54.7 Å². The third kappa shape index (κ3) is 5.13. The van der Waals surface area contributed by atoms with Gasteiger partial charge in [0.15, 0.2) is 5.13 Å². The van der Waals surface area contributed by atoms with Crippen molar-refractivity contribution >= 4 is 49.9 Å². The molecule has 10 nitrogen and oxygen atoms in total. The molecule has 3 aliphatic rings. The molecule has 0 spiro atoms. The topological polar surface area (TPSA) is 125 Å². The van der Waals surface area contributed by atoms with Gasteiger partial charge in [0, 0.05) is 25.0 Å². The lowest BCUT2D eigenvalue weighted by atomic mass is 9.99. The summed E-state index contributed by atoms with van der Waals surface area (Å²) in [6.07, 6.45) is 4.01. The van der Waals surface area contributed by atoms with Crippen LogP contribution in [0.25, 0.3) is 10.4 Å². The number of hydrogen-bond donors (Lipinski definition) is 2. The van der Waals surface area contributed by atoms with E-state index < -0.39 is 10.0 Å². The number of aryl methyl sites for hydroxylation is 1. The van der Waals surface area contributed by atoms with Gasteiger partial charge < -0.3 is 10.2 Å². The minimum atomic E-state index is -3.89. The number of fused-ring (bicyclic) bond motifs is 1. The number of pyridine rings is 1.